The molecular weight excluding hydrogens is 350 g/mol. The minimum atomic E-state index is -3.03. The molecule has 0 amide bonds. The van der Waals surface area contributed by atoms with E-state index in [0.717, 1.165) is 35.4 Å². The zero-order chi connectivity index (χ0) is 19.0. The molecule has 1 aromatic heterocycles. The fourth-order valence-corrected chi connectivity index (χ4v) is 4.17. The van der Waals surface area contributed by atoms with E-state index in [0.29, 0.717) is 19.5 Å². The maximum atomic E-state index is 12.2. The van der Waals surface area contributed by atoms with Crippen molar-refractivity contribution < 1.29 is 13.2 Å². The van der Waals surface area contributed by atoms with Crippen LogP contribution in [0.2, 0.25) is 0 Å². The zero-order valence-corrected chi connectivity index (χ0v) is 16.7. The first-order chi connectivity index (χ1) is 12.5. The van der Waals surface area contributed by atoms with E-state index in [4.69, 9.17) is 4.74 Å². The van der Waals surface area contributed by atoms with E-state index in [-0.39, 0.29) is 11.5 Å². The summed E-state index contributed by atoms with van der Waals surface area (Å²) in [5, 5.41) is 4.29. The van der Waals surface area contributed by atoms with Crippen LogP contribution in [0.5, 0.6) is 5.75 Å². The zero-order valence-electron chi connectivity index (χ0n) is 15.9. The topological polar surface area (TPSA) is 71.5 Å². The third-order valence-corrected chi connectivity index (χ3v) is 6.19. The number of rotatable bonds is 11. The summed E-state index contributed by atoms with van der Waals surface area (Å²) in [6.45, 7) is 7.03. The van der Waals surface area contributed by atoms with Crippen LogP contribution in [-0.4, -0.2) is 63.1 Å². The molecular formula is C19H29N3O3S. The van der Waals surface area contributed by atoms with E-state index in [1.54, 1.807) is 13.3 Å². The van der Waals surface area contributed by atoms with Gasteiger partial charge in [-0.3, -0.25) is 4.98 Å². The van der Waals surface area contributed by atoms with E-state index >= 15 is 0 Å². The highest BCUT2D eigenvalue weighted by Crippen LogP contribution is 2.27. The van der Waals surface area contributed by atoms with Crippen LogP contribution in [0.3, 0.4) is 0 Å². The minimum Gasteiger partial charge on any atom is -0.497 e. The van der Waals surface area contributed by atoms with E-state index in [1.165, 1.54) is 0 Å². The SMILES string of the molecule is CCN(CC)CCS(=O)(=O)CCCNc1cc(OC)cc2cccnc12. The predicted molar refractivity (Wildman–Crippen MR) is 108 cm³/mol. The Morgan fingerprint density at radius 2 is 1.96 bits per heavy atom. The number of fused-ring (bicyclic) bond motifs is 1. The summed E-state index contributed by atoms with van der Waals surface area (Å²) in [6, 6.07) is 7.69. The number of nitrogens with zero attached hydrogens (tertiary/aromatic N) is 2. The Morgan fingerprint density at radius 3 is 2.65 bits per heavy atom. The summed E-state index contributed by atoms with van der Waals surface area (Å²) in [5.74, 6) is 1.16. The lowest BCUT2D eigenvalue weighted by atomic mass is 10.1. The van der Waals surface area contributed by atoms with Gasteiger partial charge in [0.15, 0.2) is 9.84 Å². The van der Waals surface area contributed by atoms with Gasteiger partial charge in [-0.2, -0.15) is 0 Å². The van der Waals surface area contributed by atoms with E-state index in [9.17, 15) is 8.42 Å². The number of ether oxygens (including phenoxy) is 1. The van der Waals surface area contributed by atoms with Crippen LogP contribution in [0.4, 0.5) is 5.69 Å². The molecule has 7 heteroatoms. The second kappa shape index (κ2) is 9.73. The number of anilines is 1. The molecule has 0 unspecified atom stereocenters. The Bertz CT molecular complexity index is 805. The number of hydrogen-bond acceptors (Lipinski definition) is 6. The molecule has 0 radical (unpaired) electrons. The van der Waals surface area contributed by atoms with Crippen LogP contribution >= 0.6 is 0 Å². The van der Waals surface area contributed by atoms with Gasteiger partial charge in [0.1, 0.15) is 5.75 Å². The Hall–Kier alpha value is -1.86. The van der Waals surface area contributed by atoms with E-state index in [2.05, 4.69) is 15.2 Å². The van der Waals surface area contributed by atoms with Gasteiger partial charge in [-0.1, -0.05) is 19.9 Å². The van der Waals surface area contributed by atoms with Crippen LogP contribution < -0.4 is 10.1 Å². The largest absolute Gasteiger partial charge is 0.497 e. The van der Waals surface area contributed by atoms with Gasteiger partial charge in [0.05, 0.1) is 29.8 Å². The summed E-state index contributed by atoms with van der Waals surface area (Å²) in [7, 11) is -1.40. The normalized spacial score (nSPS) is 11.8. The van der Waals surface area contributed by atoms with Gasteiger partial charge in [-0.05, 0) is 31.6 Å². The maximum Gasteiger partial charge on any atom is 0.151 e. The van der Waals surface area contributed by atoms with Gasteiger partial charge in [0, 0.05) is 30.7 Å². The first-order valence-electron chi connectivity index (χ1n) is 9.08. The number of pyridine rings is 1. The average Bonchev–Trinajstić information content (AvgIpc) is 2.65. The molecule has 0 bridgehead atoms. The molecule has 0 fully saturated rings. The van der Waals surface area contributed by atoms with Crippen molar-refractivity contribution in [1.29, 1.82) is 0 Å². The molecule has 144 valence electrons. The van der Waals surface area contributed by atoms with Gasteiger partial charge in [0.2, 0.25) is 0 Å². The Labute approximate surface area is 156 Å². The van der Waals surface area contributed by atoms with Crippen molar-refractivity contribution in [2.45, 2.75) is 20.3 Å². The summed E-state index contributed by atoms with van der Waals surface area (Å²) in [6.07, 6.45) is 2.31. The van der Waals surface area contributed by atoms with Gasteiger partial charge in [-0.15, -0.1) is 0 Å². The van der Waals surface area contributed by atoms with Crippen molar-refractivity contribution in [3.05, 3.63) is 30.5 Å². The monoisotopic (exact) mass is 379 g/mol. The first-order valence-corrected chi connectivity index (χ1v) is 10.9. The molecule has 0 saturated carbocycles. The fourth-order valence-electron chi connectivity index (χ4n) is 2.84. The van der Waals surface area contributed by atoms with Crippen molar-refractivity contribution >= 4 is 26.4 Å². The molecule has 0 spiro atoms. The summed E-state index contributed by atoms with van der Waals surface area (Å²) >= 11 is 0. The summed E-state index contributed by atoms with van der Waals surface area (Å²) in [5.41, 5.74) is 1.72. The molecule has 0 aliphatic heterocycles. The highest BCUT2D eigenvalue weighted by atomic mass is 32.2. The molecule has 2 rings (SSSR count). The molecule has 0 saturated heterocycles. The van der Waals surface area contributed by atoms with Crippen LogP contribution in [-0.2, 0) is 9.84 Å². The number of nitrogens with one attached hydrogen (secondary N) is 1. The molecule has 2 aromatic rings. The van der Waals surface area contributed by atoms with Crippen LogP contribution in [0.15, 0.2) is 30.5 Å². The lowest BCUT2D eigenvalue weighted by molar-refractivity contribution is 0.321. The Balaban J connectivity index is 1.91. The third kappa shape index (κ3) is 5.85. The van der Waals surface area contributed by atoms with Crippen LogP contribution in [0.1, 0.15) is 20.3 Å². The average molecular weight is 380 g/mol. The predicted octanol–water partition coefficient (Wildman–Crippen LogP) is 2.80. The van der Waals surface area contributed by atoms with Crippen molar-refractivity contribution in [2.24, 2.45) is 0 Å². The highest BCUT2D eigenvalue weighted by Gasteiger charge is 2.13. The second-order valence-corrected chi connectivity index (χ2v) is 8.51. The third-order valence-electron chi connectivity index (χ3n) is 4.47. The van der Waals surface area contributed by atoms with Crippen molar-refractivity contribution in [2.75, 3.05) is 50.1 Å². The lowest BCUT2D eigenvalue weighted by Crippen LogP contribution is -2.30. The molecule has 6 nitrogen and oxygen atoms in total. The fraction of sp³-hybridized carbons (Fsp3) is 0.526. The molecule has 0 aliphatic rings. The van der Waals surface area contributed by atoms with Crippen molar-refractivity contribution in [3.63, 3.8) is 0 Å². The van der Waals surface area contributed by atoms with Gasteiger partial charge < -0.3 is 15.0 Å². The summed E-state index contributed by atoms with van der Waals surface area (Å²) < 4.78 is 29.7. The van der Waals surface area contributed by atoms with Gasteiger partial charge >= 0.3 is 0 Å². The van der Waals surface area contributed by atoms with E-state index < -0.39 is 9.84 Å². The molecule has 1 aromatic carbocycles. The number of methoxy groups -OCH3 is 1. The summed E-state index contributed by atoms with van der Waals surface area (Å²) in [4.78, 5) is 6.54. The Morgan fingerprint density at radius 1 is 1.19 bits per heavy atom. The first kappa shape index (κ1) is 20.5. The Kier molecular flexibility index (Phi) is 7.66. The van der Waals surface area contributed by atoms with Crippen molar-refractivity contribution in [1.82, 2.24) is 9.88 Å². The number of sulfone groups is 1. The molecule has 26 heavy (non-hydrogen) atoms. The molecule has 1 heterocycles. The minimum absolute atomic E-state index is 0.191. The van der Waals surface area contributed by atoms with E-state index in [1.807, 2.05) is 38.1 Å². The number of aromatic nitrogens is 1. The smallest absolute Gasteiger partial charge is 0.151 e. The maximum absolute atomic E-state index is 12.2. The van der Waals surface area contributed by atoms with Crippen LogP contribution in [0, 0.1) is 0 Å². The standard InChI is InChI=1S/C19H29N3O3S/c1-4-22(5-2)11-13-26(23,24)12-7-10-20-18-15-17(25-3)14-16-8-6-9-21-19(16)18/h6,8-9,14-15,20H,4-5,7,10-13H2,1-3H3. The highest BCUT2D eigenvalue weighted by molar-refractivity contribution is 7.91. The number of hydrogen-bond donors (Lipinski definition) is 1. The quantitative estimate of drug-likeness (QED) is 0.606. The van der Waals surface area contributed by atoms with Crippen molar-refractivity contribution in [3.8, 4) is 5.75 Å². The molecule has 1 N–H and O–H groups in total. The molecule has 0 atom stereocenters. The lowest BCUT2D eigenvalue weighted by Gasteiger charge is -2.17. The van der Waals surface area contributed by atoms with Crippen LogP contribution in [0.25, 0.3) is 10.9 Å². The molecule has 0 aliphatic carbocycles. The van der Waals surface area contributed by atoms with Gasteiger partial charge in [0.25, 0.3) is 0 Å². The van der Waals surface area contributed by atoms with Gasteiger partial charge in [-0.25, -0.2) is 8.42 Å². The number of benzene rings is 1. The second-order valence-electron chi connectivity index (χ2n) is 6.21.